The molecule has 0 saturated heterocycles. The van der Waals surface area contributed by atoms with Gasteiger partial charge in [0.25, 0.3) is 0 Å². The van der Waals surface area contributed by atoms with Crippen molar-refractivity contribution in [1.82, 2.24) is 9.97 Å². The van der Waals surface area contributed by atoms with Crippen molar-refractivity contribution in [1.29, 1.82) is 0 Å². The zero-order valence-electron chi connectivity index (χ0n) is 11.1. The highest BCUT2D eigenvalue weighted by molar-refractivity contribution is 5.84. The smallest absolute Gasteiger partial charge is 0.345 e. The lowest BCUT2D eigenvalue weighted by Crippen LogP contribution is -2.02. The maximum absolute atomic E-state index is 12.1. The number of benzene rings is 1. The third kappa shape index (κ3) is 1.97. The number of aromatic amines is 2. The molecule has 0 unspecified atom stereocenters. The Morgan fingerprint density at radius 3 is 2.33 bits per heavy atom. The fourth-order valence-electron chi connectivity index (χ4n) is 2.47. The first kappa shape index (κ1) is 11.8. The van der Waals surface area contributed by atoms with Gasteiger partial charge >= 0.3 is 5.63 Å². The van der Waals surface area contributed by atoms with Gasteiger partial charge in [0.15, 0.2) is 0 Å². The highest BCUT2D eigenvalue weighted by atomic mass is 16.4. The zero-order chi connectivity index (χ0) is 14.2. The molecule has 0 radical (unpaired) electrons. The van der Waals surface area contributed by atoms with E-state index in [9.17, 15) is 4.79 Å². The van der Waals surface area contributed by atoms with Crippen LogP contribution in [0.3, 0.4) is 0 Å². The summed E-state index contributed by atoms with van der Waals surface area (Å²) in [6, 6.07) is 15.3. The molecule has 0 aliphatic rings. The highest BCUT2D eigenvalue weighted by Gasteiger charge is 2.09. The molecule has 0 aliphatic heterocycles. The number of hydrogen-bond acceptors (Lipinski definition) is 2. The predicted octanol–water partition coefficient (Wildman–Crippen LogP) is 3.78. The monoisotopic (exact) mass is 276 g/mol. The maximum Gasteiger partial charge on any atom is 0.345 e. The SMILES string of the molecule is O=c1oc2cc(-c3ccc[nH]3)ccc2cc1-c1ccc[nH]1. The summed E-state index contributed by atoms with van der Waals surface area (Å²) in [5.41, 5.74) is 3.53. The molecular weight excluding hydrogens is 264 g/mol. The summed E-state index contributed by atoms with van der Waals surface area (Å²) < 4.78 is 5.47. The summed E-state index contributed by atoms with van der Waals surface area (Å²) in [5.74, 6) is 0. The number of fused-ring (bicyclic) bond motifs is 1. The van der Waals surface area contributed by atoms with Crippen LogP contribution in [0.4, 0.5) is 0 Å². The summed E-state index contributed by atoms with van der Waals surface area (Å²) in [5, 5.41) is 0.898. The largest absolute Gasteiger partial charge is 0.422 e. The van der Waals surface area contributed by atoms with Gasteiger partial charge in [-0.25, -0.2) is 4.79 Å². The molecule has 0 spiro atoms. The van der Waals surface area contributed by atoms with Gasteiger partial charge in [-0.15, -0.1) is 0 Å². The predicted molar refractivity (Wildman–Crippen MR) is 82.1 cm³/mol. The van der Waals surface area contributed by atoms with Crippen LogP contribution in [-0.2, 0) is 0 Å². The van der Waals surface area contributed by atoms with Gasteiger partial charge < -0.3 is 14.4 Å². The van der Waals surface area contributed by atoms with Gasteiger partial charge in [0, 0.05) is 29.0 Å². The van der Waals surface area contributed by atoms with Crippen molar-refractivity contribution in [2.45, 2.75) is 0 Å². The summed E-state index contributed by atoms with van der Waals surface area (Å²) in [7, 11) is 0. The molecule has 4 heteroatoms. The van der Waals surface area contributed by atoms with E-state index >= 15 is 0 Å². The van der Waals surface area contributed by atoms with E-state index in [-0.39, 0.29) is 5.63 Å². The lowest BCUT2D eigenvalue weighted by molar-refractivity contribution is 0.563. The quantitative estimate of drug-likeness (QED) is 0.547. The first-order valence-corrected chi connectivity index (χ1v) is 6.67. The fraction of sp³-hybridized carbons (Fsp3) is 0. The number of H-pyrrole nitrogens is 2. The molecule has 0 aliphatic carbocycles. The van der Waals surface area contributed by atoms with Crippen LogP contribution in [0.15, 0.2) is 70.1 Å². The Morgan fingerprint density at radius 2 is 1.62 bits per heavy atom. The third-order valence-electron chi connectivity index (χ3n) is 3.53. The average molecular weight is 276 g/mol. The second-order valence-corrected chi connectivity index (χ2v) is 4.87. The molecule has 0 atom stereocenters. The number of nitrogens with one attached hydrogen (secondary N) is 2. The molecule has 0 bridgehead atoms. The van der Waals surface area contributed by atoms with Crippen LogP contribution in [-0.4, -0.2) is 9.97 Å². The van der Waals surface area contributed by atoms with E-state index in [1.165, 1.54) is 0 Å². The van der Waals surface area contributed by atoms with Crippen molar-refractivity contribution in [2.75, 3.05) is 0 Å². The van der Waals surface area contributed by atoms with E-state index in [1.54, 1.807) is 6.20 Å². The maximum atomic E-state index is 12.1. The second-order valence-electron chi connectivity index (χ2n) is 4.87. The van der Waals surface area contributed by atoms with Crippen LogP contribution in [0.2, 0.25) is 0 Å². The van der Waals surface area contributed by atoms with Crippen molar-refractivity contribution in [3.63, 3.8) is 0 Å². The van der Waals surface area contributed by atoms with Crippen LogP contribution in [0.1, 0.15) is 0 Å². The topological polar surface area (TPSA) is 61.8 Å². The molecule has 1 aromatic carbocycles. The Balaban J connectivity index is 1.91. The van der Waals surface area contributed by atoms with Crippen LogP contribution >= 0.6 is 0 Å². The molecule has 0 amide bonds. The fourth-order valence-corrected chi connectivity index (χ4v) is 2.47. The molecule has 21 heavy (non-hydrogen) atoms. The lowest BCUT2D eigenvalue weighted by Gasteiger charge is -2.03. The summed E-state index contributed by atoms with van der Waals surface area (Å²) in [6.07, 6.45) is 3.65. The molecule has 0 fully saturated rings. The molecule has 3 heterocycles. The normalized spacial score (nSPS) is 11.0. The van der Waals surface area contributed by atoms with E-state index in [2.05, 4.69) is 9.97 Å². The van der Waals surface area contributed by atoms with Crippen molar-refractivity contribution in [2.24, 2.45) is 0 Å². The third-order valence-corrected chi connectivity index (χ3v) is 3.53. The van der Waals surface area contributed by atoms with Crippen molar-refractivity contribution < 1.29 is 4.42 Å². The van der Waals surface area contributed by atoms with Crippen LogP contribution < -0.4 is 5.63 Å². The first-order valence-electron chi connectivity index (χ1n) is 6.67. The molecule has 4 nitrogen and oxygen atoms in total. The minimum atomic E-state index is -0.339. The Hall–Kier alpha value is -3.01. The second kappa shape index (κ2) is 4.52. The number of rotatable bonds is 2. The molecule has 2 N–H and O–H groups in total. The van der Waals surface area contributed by atoms with E-state index < -0.39 is 0 Å². The molecule has 102 valence electrons. The van der Waals surface area contributed by atoms with Crippen molar-refractivity contribution >= 4 is 11.0 Å². The van der Waals surface area contributed by atoms with E-state index in [0.29, 0.717) is 11.1 Å². The Labute approximate surface area is 120 Å². The van der Waals surface area contributed by atoms with Gasteiger partial charge in [-0.05, 0) is 36.4 Å². The van der Waals surface area contributed by atoms with Crippen molar-refractivity contribution in [3.05, 3.63) is 71.3 Å². The van der Waals surface area contributed by atoms with Gasteiger partial charge in [-0.2, -0.15) is 0 Å². The van der Waals surface area contributed by atoms with Crippen LogP contribution in [0, 0.1) is 0 Å². The number of hydrogen-bond donors (Lipinski definition) is 2. The molecule has 4 rings (SSSR count). The van der Waals surface area contributed by atoms with E-state index in [0.717, 1.165) is 22.3 Å². The van der Waals surface area contributed by atoms with Crippen molar-refractivity contribution in [3.8, 4) is 22.5 Å². The molecule has 3 aromatic heterocycles. The Kier molecular flexibility index (Phi) is 2.54. The minimum Gasteiger partial charge on any atom is -0.422 e. The lowest BCUT2D eigenvalue weighted by atomic mass is 10.1. The van der Waals surface area contributed by atoms with Gasteiger partial charge in [-0.3, -0.25) is 0 Å². The van der Waals surface area contributed by atoms with E-state index in [4.69, 9.17) is 4.42 Å². The Bertz CT molecular complexity index is 948. The van der Waals surface area contributed by atoms with Gasteiger partial charge in [0.1, 0.15) is 5.58 Å². The van der Waals surface area contributed by atoms with Crippen LogP contribution in [0.25, 0.3) is 33.5 Å². The van der Waals surface area contributed by atoms with Gasteiger partial charge in [0.05, 0.1) is 11.3 Å². The Morgan fingerprint density at radius 1 is 0.857 bits per heavy atom. The van der Waals surface area contributed by atoms with Gasteiger partial charge in [0.2, 0.25) is 0 Å². The average Bonchev–Trinajstić information content (AvgIpc) is 3.19. The molecular formula is C17H12N2O2. The summed E-state index contributed by atoms with van der Waals surface area (Å²) >= 11 is 0. The number of aromatic nitrogens is 2. The van der Waals surface area contributed by atoms with Crippen LogP contribution in [0.5, 0.6) is 0 Å². The summed E-state index contributed by atoms with van der Waals surface area (Å²) in [4.78, 5) is 18.3. The minimum absolute atomic E-state index is 0.339. The standard InChI is InChI=1S/C17H12N2O2/c20-17-13(15-4-2-8-19-15)9-12-6-5-11(10-16(12)21-17)14-3-1-7-18-14/h1-10,18-19H. The zero-order valence-corrected chi connectivity index (χ0v) is 11.1. The van der Waals surface area contributed by atoms with Gasteiger partial charge in [-0.1, -0.05) is 12.1 Å². The highest BCUT2D eigenvalue weighted by Crippen LogP contribution is 2.25. The first-order chi connectivity index (χ1) is 10.3. The summed E-state index contributed by atoms with van der Waals surface area (Å²) in [6.45, 7) is 0. The van der Waals surface area contributed by atoms with E-state index in [1.807, 2.05) is 54.7 Å². The molecule has 4 aromatic rings. The molecule has 0 saturated carbocycles.